The molecule has 1 aromatic carbocycles. The largest absolute Gasteiger partial charge is 0.468 e. The SMILES string of the molecule is COC(=O)C(N)c1cc2cccc(C)c2[nH]c1=O. The highest BCUT2D eigenvalue weighted by atomic mass is 16.5. The number of H-pyrrole nitrogens is 1. The molecule has 0 aliphatic carbocycles. The molecule has 1 aromatic heterocycles. The van der Waals surface area contributed by atoms with Gasteiger partial charge in [-0.2, -0.15) is 0 Å². The number of esters is 1. The number of para-hydroxylation sites is 1. The molecule has 5 heteroatoms. The van der Waals surface area contributed by atoms with Crippen LogP contribution >= 0.6 is 0 Å². The maximum absolute atomic E-state index is 11.9. The lowest BCUT2D eigenvalue weighted by molar-refractivity contribution is -0.142. The average molecular weight is 246 g/mol. The van der Waals surface area contributed by atoms with Crippen LogP contribution in [0.2, 0.25) is 0 Å². The lowest BCUT2D eigenvalue weighted by Gasteiger charge is -2.10. The van der Waals surface area contributed by atoms with E-state index in [-0.39, 0.29) is 11.1 Å². The third kappa shape index (κ3) is 2.00. The van der Waals surface area contributed by atoms with Crippen molar-refractivity contribution in [3.63, 3.8) is 0 Å². The number of aryl methyl sites for hydroxylation is 1. The van der Waals surface area contributed by atoms with Gasteiger partial charge in [0, 0.05) is 5.56 Å². The molecule has 0 saturated heterocycles. The molecule has 3 N–H and O–H groups in total. The lowest BCUT2D eigenvalue weighted by atomic mass is 10.0. The molecule has 0 bridgehead atoms. The quantitative estimate of drug-likeness (QED) is 0.774. The zero-order valence-electron chi connectivity index (χ0n) is 10.2. The molecule has 1 heterocycles. The van der Waals surface area contributed by atoms with Gasteiger partial charge in [0.1, 0.15) is 6.04 Å². The molecular formula is C13H14N2O3. The van der Waals surface area contributed by atoms with Gasteiger partial charge in [0.05, 0.1) is 12.6 Å². The molecule has 0 fully saturated rings. The summed E-state index contributed by atoms with van der Waals surface area (Å²) >= 11 is 0. The number of fused-ring (bicyclic) bond motifs is 1. The highest BCUT2D eigenvalue weighted by Crippen LogP contribution is 2.17. The van der Waals surface area contributed by atoms with Gasteiger partial charge in [0.2, 0.25) is 0 Å². The van der Waals surface area contributed by atoms with E-state index in [1.807, 2.05) is 25.1 Å². The molecule has 0 amide bonds. The monoisotopic (exact) mass is 246 g/mol. The molecule has 0 aliphatic rings. The van der Waals surface area contributed by atoms with E-state index in [1.165, 1.54) is 7.11 Å². The average Bonchev–Trinajstić information content (AvgIpc) is 2.37. The number of hydrogen-bond donors (Lipinski definition) is 2. The van der Waals surface area contributed by atoms with Crippen LogP contribution in [0.3, 0.4) is 0 Å². The minimum absolute atomic E-state index is 0.208. The highest BCUT2D eigenvalue weighted by Gasteiger charge is 2.20. The summed E-state index contributed by atoms with van der Waals surface area (Å²) < 4.78 is 4.54. The Morgan fingerprint density at radius 1 is 1.44 bits per heavy atom. The Morgan fingerprint density at radius 3 is 2.83 bits per heavy atom. The summed E-state index contributed by atoms with van der Waals surface area (Å²) in [5, 5.41) is 0.837. The molecule has 94 valence electrons. The van der Waals surface area contributed by atoms with E-state index < -0.39 is 12.0 Å². The van der Waals surface area contributed by atoms with Crippen LogP contribution in [0.5, 0.6) is 0 Å². The van der Waals surface area contributed by atoms with Crippen LogP contribution in [0.4, 0.5) is 0 Å². The minimum Gasteiger partial charge on any atom is -0.468 e. The fourth-order valence-electron chi connectivity index (χ4n) is 1.89. The van der Waals surface area contributed by atoms with Crippen molar-refractivity contribution in [1.82, 2.24) is 4.98 Å². The third-order valence-electron chi connectivity index (χ3n) is 2.91. The van der Waals surface area contributed by atoms with E-state index in [0.29, 0.717) is 0 Å². The molecule has 18 heavy (non-hydrogen) atoms. The zero-order valence-corrected chi connectivity index (χ0v) is 10.2. The maximum atomic E-state index is 11.9. The Labute approximate surface area is 104 Å². The summed E-state index contributed by atoms with van der Waals surface area (Å²) in [5.74, 6) is -0.632. The highest BCUT2D eigenvalue weighted by molar-refractivity contribution is 5.84. The van der Waals surface area contributed by atoms with E-state index in [1.54, 1.807) is 6.07 Å². The predicted octanol–water partition coefficient (Wildman–Crippen LogP) is 1.01. The molecule has 0 spiro atoms. The van der Waals surface area contributed by atoms with E-state index in [4.69, 9.17) is 5.73 Å². The number of methoxy groups -OCH3 is 1. The van der Waals surface area contributed by atoms with Crippen molar-refractivity contribution < 1.29 is 9.53 Å². The van der Waals surface area contributed by atoms with Crippen molar-refractivity contribution in [3.05, 3.63) is 45.7 Å². The van der Waals surface area contributed by atoms with Gasteiger partial charge >= 0.3 is 5.97 Å². The van der Waals surface area contributed by atoms with Gasteiger partial charge < -0.3 is 15.5 Å². The number of rotatable bonds is 2. The molecule has 2 aromatic rings. The standard InChI is InChI=1S/C13H14N2O3/c1-7-4-3-5-8-6-9(10(14)13(17)18-2)12(16)15-11(7)8/h3-6,10H,14H2,1-2H3,(H,15,16). The van der Waals surface area contributed by atoms with Gasteiger partial charge in [-0.05, 0) is 23.9 Å². The number of hydrogen-bond acceptors (Lipinski definition) is 4. The van der Waals surface area contributed by atoms with Crippen molar-refractivity contribution in [3.8, 4) is 0 Å². The Hall–Kier alpha value is -2.14. The fourth-order valence-corrected chi connectivity index (χ4v) is 1.89. The Balaban J connectivity index is 2.64. The normalized spacial score (nSPS) is 12.4. The van der Waals surface area contributed by atoms with E-state index in [0.717, 1.165) is 16.5 Å². The van der Waals surface area contributed by atoms with E-state index >= 15 is 0 Å². The molecule has 1 atom stereocenters. The fraction of sp³-hybridized carbons (Fsp3) is 0.231. The number of ether oxygens (including phenoxy) is 1. The van der Waals surface area contributed by atoms with Crippen LogP contribution in [0.15, 0.2) is 29.1 Å². The first kappa shape index (κ1) is 12.3. The topological polar surface area (TPSA) is 85.2 Å². The summed E-state index contributed by atoms with van der Waals surface area (Å²) in [7, 11) is 1.24. The number of nitrogens with one attached hydrogen (secondary N) is 1. The zero-order chi connectivity index (χ0) is 13.3. The maximum Gasteiger partial charge on any atom is 0.327 e. The second-order valence-electron chi connectivity index (χ2n) is 4.09. The van der Waals surface area contributed by atoms with Crippen molar-refractivity contribution in [2.75, 3.05) is 7.11 Å². The van der Waals surface area contributed by atoms with Gasteiger partial charge in [-0.15, -0.1) is 0 Å². The van der Waals surface area contributed by atoms with Gasteiger partial charge in [0.25, 0.3) is 5.56 Å². The molecule has 5 nitrogen and oxygen atoms in total. The van der Waals surface area contributed by atoms with Crippen LogP contribution < -0.4 is 11.3 Å². The minimum atomic E-state index is -1.07. The third-order valence-corrected chi connectivity index (χ3v) is 2.91. The summed E-state index contributed by atoms with van der Waals surface area (Å²) in [6, 6.07) is 6.19. The summed E-state index contributed by atoms with van der Waals surface area (Å²) in [5.41, 5.74) is 7.24. The summed E-state index contributed by atoms with van der Waals surface area (Å²) in [6.45, 7) is 1.90. The second-order valence-corrected chi connectivity index (χ2v) is 4.09. The number of pyridine rings is 1. The van der Waals surface area contributed by atoms with Crippen LogP contribution in [-0.4, -0.2) is 18.1 Å². The first-order chi connectivity index (χ1) is 8.54. The lowest BCUT2D eigenvalue weighted by Crippen LogP contribution is -2.29. The number of carbonyl (C=O) groups is 1. The number of benzene rings is 1. The number of nitrogens with two attached hydrogens (primary N) is 1. The van der Waals surface area contributed by atoms with Gasteiger partial charge in [-0.1, -0.05) is 18.2 Å². The Bertz CT molecular complexity index is 661. The molecular weight excluding hydrogens is 232 g/mol. The first-order valence-electron chi connectivity index (χ1n) is 5.50. The summed E-state index contributed by atoms with van der Waals surface area (Å²) in [6.07, 6.45) is 0. The van der Waals surface area contributed by atoms with Crippen molar-refractivity contribution in [2.45, 2.75) is 13.0 Å². The Kier molecular flexibility index (Phi) is 3.16. The number of aromatic nitrogens is 1. The molecule has 2 rings (SSSR count). The molecule has 0 radical (unpaired) electrons. The van der Waals surface area contributed by atoms with Crippen molar-refractivity contribution in [2.24, 2.45) is 5.73 Å². The summed E-state index contributed by atoms with van der Waals surface area (Å²) in [4.78, 5) is 26.0. The molecule has 1 unspecified atom stereocenters. The van der Waals surface area contributed by atoms with Crippen LogP contribution in [-0.2, 0) is 9.53 Å². The second kappa shape index (κ2) is 4.62. The van der Waals surface area contributed by atoms with Gasteiger partial charge in [0.15, 0.2) is 0 Å². The van der Waals surface area contributed by atoms with Crippen LogP contribution in [0, 0.1) is 6.92 Å². The predicted molar refractivity (Wildman–Crippen MR) is 68.3 cm³/mol. The smallest absolute Gasteiger partial charge is 0.327 e. The van der Waals surface area contributed by atoms with Gasteiger partial charge in [-0.3, -0.25) is 9.59 Å². The van der Waals surface area contributed by atoms with E-state index in [9.17, 15) is 9.59 Å². The Morgan fingerprint density at radius 2 is 2.17 bits per heavy atom. The van der Waals surface area contributed by atoms with Gasteiger partial charge in [-0.25, -0.2) is 0 Å². The number of carbonyl (C=O) groups excluding carboxylic acids is 1. The van der Waals surface area contributed by atoms with Crippen molar-refractivity contribution >= 4 is 16.9 Å². The van der Waals surface area contributed by atoms with Crippen LogP contribution in [0.1, 0.15) is 17.2 Å². The molecule has 0 saturated carbocycles. The van der Waals surface area contributed by atoms with Crippen LogP contribution in [0.25, 0.3) is 10.9 Å². The molecule has 0 aliphatic heterocycles. The first-order valence-corrected chi connectivity index (χ1v) is 5.50. The van der Waals surface area contributed by atoms with E-state index in [2.05, 4.69) is 9.72 Å². The number of aromatic amines is 1. The van der Waals surface area contributed by atoms with Crippen molar-refractivity contribution in [1.29, 1.82) is 0 Å².